The number of rotatable bonds is 3. The number of halogens is 1. The first-order valence-electron chi connectivity index (χ1n) is 5.51. The Hall–Kier alpha value is -0.770. The molecule has 1 aromatic carbocycles. The topological polar surface area (TPSA) is 38.5 Å². The van der Waals surface area contributed by atoms with E-state index in [1.165, 1.54) is 0 Å². The molecule has 1 aliphatic heterocycles. The predicted molar refractivity (Wildman–Crippen MR) is 67.0 cm³/mol. The Kier molecular flexibility index (Phi) is 3.69. The van der Waals surface area contributed by atoms with E-state index in [1.807, 2.05) is 18.2 Å². The van der Waals surface area contributed by atoms with Crippen molar-refractivity contribution in [1.29, 1.82) is 0 Å². The third-order valence-corrected chi connectivity index (χ3v) is 3.38. The molecule has 1 aliphatic rings. The van der Waals surface area contributed by atoms with E-state index in [0.717, 1.165) is 35.9 Å². The largest absolute Gasteiger partial charge is 0.379 e. The summed E-state index contributed by atoms with van der Waals surface area (Å²) in [5, 5.41) is 0.761. The molecule has 0 amide bonds. The molecule has 16 heavy (non-hydrogen) atoms. The second-order valence-electron chi connectivity index (χ2n) is 4.12. The third kappa shape index (κ3) is 2.32. The Bertz CT molecular complexity index is 364. The van der Waals surface area contributed by atoms with Crippen molar-refractivity contribution in [3.8, 4) is 0 Å². The van der Waals surface area contributed by atoms with Crippen LogP contribution in [-0.2, 0) is 11.3 Å². The first-order chi connectivity index (χ1) is 7.72. The highest BCUT2D eigenvalue weighted by molar-refractivity contribution is 6.33. The molecule has 88 valence electrons. The Morgan fingerprint density at radius 3 is 2.94 bits per heavy atom. The van der Waals surface area contributed by atoms with Gasteiger partial charge in [0.1, 0.15) is 0 Å². The van der Waals surface area contributed by atoms with Crippen LogP contribution in [0.4, 0.5) is 5.69 Å². The lowest BCUT2D eigenvalue weighted by molar-refractivity contribution is 0.193. The van der Waals surface area contributed by atoms with Gasteiger partial charge in [-0.25, -0.2) is 0 Å². The molecule has 4 heteroatoms. The van der Waals surface area contributed by atoms with Gasteiger partial charge in [-0.05, 0) is 24.1 Å². The number of nitrogens with zero attached hydrogens (tertiary/aromatic N) is 1. The molecule has 1 saturated heterocycles. The maximum Gasteiger partial charge on any atom is 0.0670 e. The summed E-state index contributed by atoms with van der Waals surface area (Å²) in [5.74, 6) is 0. The molecule has 0 radical (unpaired) electrons. The van der Waals surface area contributed by atoms with Crippen LogP contribution < -0.4 is 10.6 Å². The van der Waals surface area contributed by atoms with Crippen molar-refractivity contribution in [3.05, 3.63) is 28.8 Å². The van der Waals surface area contributed by atoms with E-state index in [0.29, 0.717) is 12.6 Å². The van der Waals surface area contributed by atoms with E-state index in [2.05, 4.69) is 11.9 Å². The van der Waals surface area contributed by atoms with Gasteiger partial charge >= 0.3 is 0 Å². The Morgan fingerprint density at radius 2 is 2.38 bits per heavy atom. The minimum absolute atomic E-state index is 0.432. The number of anilines is 1. The quantitative estimate of drug-likeness (QED) is 0.879. The van der Waals surface area contributed by atoms with Crippen LogP contribution in [0.15, 0.2) is 18.2 Å². The van der Waals surface area contributed by atoms with Crippen LogP contribution >= 0.6 is 11.6 Å². The van der Waals surface area contributed by atoms with Crippen molar-refractivity contribution in [1.82, 2.24) is 0 Å². The minimum atomic E-state index is 0.432. The Morgan fingerprint density at radius 1 is 1.56 bits per heavy atom. The van der Waals surface area contributed by atoms with Gasteiger partial charge in [-0.3, -0.25) is 0 Å². The lowest BCUT2D eigenvalue weighted by Gasteiger charge is -2.26. The molecule has 1 aromatic rings. The summed E-state index contributed by atoms with van der Waals surface area (Å²) in [7, 11) is 2.06. The van der Waals surface area contributed by atoms with E-state index >= 15 is 0 Å². The lowest BCUT2D eigenvalue weighted by Crippen LogP contribution is -2.31. The molecule has 1 fully saturated rings. The monoisotopic (exact) mass is 240 g/mol. The second-order valence-corrected chi connectivity index (χ2v) is 4.53. The molecule has 0 aromatic heterocycles. The van der Waals surface area contributed by atoms with Crippen LogP contribution in [0.3, 0.4) is 0 Å². The van der Waals surface area contributed by atoms with Crippen LogP contribution in [0.2, 0.25) is 5.02 Å². The highest BCUT2D eigenvalue weighted by Crippen LogP contribution is 2.29. The number of benzene rings is 1. The summed E-state index contributed by atoms with van der Waals surface area (Å²) >= 11 is 6.24. The molecule has 3 nitrogen and oxygen atoms in total. The number of hydrogen-bond acceptors (Lipinski definition) is 3. The minimum Gasteiger partial charge on any atom is -0.379 e. The third-order valence-electron chi connectivity index (χ3n) is 3.08. The number of hydrogen-bond donors (Lipinski definition) is 1. The lowest BCUT2D eigenvalue weighted by atomic mass is 10.1. The molecule has 1 unspecified atom stereocenters. The first kappa shape index (κ1) is 11.7. The smallest absolute Gasteiger partial charge is 0.0670 e. The zero-order chi connectivity index (χ0) is 11.5. The van der Waals surface area contributed by atoms with Gasteiger partial charge in [0.05, 0.1) is 23.4 Å². The number of likely N-dealkylation sites (N-methyl/N-ethyl adjacent to an activating group) is 1. The summed E-state index contributed by atoms with van der Waals surface area (Å²) in [5.41, 5.74) is 7.69. The van der Waals surface area contributed by atoms with Crippen LogP contribution in [-0.4, -0.2) is 26.3 Å². The van der Waals surface area contributed by atoms with Crippen LogP contribution in [0.5, 0.6) is 0 Å². The van der Waals surface area contributed by atoms with Crippen LogP contribution in [0.1, 0.15) is 12.0 Å². The van der Waals surface area contributed by atoms with Gasteiger partial charge in [0.25, 0.3) is 0 Å². The summed E-state index contributed by atoms with van der Waals surface area (Å²) in [6, 6.07) is 6.42. The van der Waals surface area contributed by atoms with Crippen molar-refractivity contribution in [2.24, 2.45) is 5.73 Å². The van der Waals surface area contributed by atoms with Gasteiger partial charge in [0, 0.05) is 20.2 Å². The fourth-order valence-electron chi connectivity index (χ4n) is 1.99. The van der Waals surface area contributed by atoms with Crippen LogP contribution in [0, 0.1) is 0 Å². The van der Waals surface area contributed by atoms with Crippen molar-refractivity contribution < 1.29 is 4.74 Å². The van der Waals surface area contributed by atoms with Gasteiger partial charge in [-0.1, -0.05) is 17.7 Å². The van der Waals surface area contributed by atoms with Crippen molar-refractivity contribution in [3.63, 3.8) is 0 Å². The van der Waals surface area contributed by atoms with Gasteiger partial charge in [-0.2, -0.15) is 0 Å². The average Bonchev–Trinajstić information content (AvgIpc) is 2.81. The fraction of sp³-hybridized carbons (Fsp3) is 0.500. The molecule has 2 rings (SSSR count). The average molecular weight is 241 g/mol. The fourth-order valence-corrected chi connectivity index (χ4v) is 2.32. The number of ether oxygens (including phenoxy) is 1. The Balaban J connectivity index is 2.19. The summed E-state index contributed by atoms with van der Waals surface area (Å²) < 4.78 is 5.38. The Labute approximate surface area is 101 Å². The molecule has 0 aliphatic carbocycles. The van der Waals surface area contributed by atoms with E-state index < -0.39 is 0 Å². The SMILES string of the molecule is CN(c1ccc(CN)cc1Cl)C1CCOC1. The summed E-state index contributed by atoms with van der Waals surface area (Å²) in [4.78, 5) is 2.19. The maximum absolute atomic E-state index is 6.24. The molecule has 1 heterocycles. The molecule has 2 N–H and O–H groups in total. The molecule has 0 spiro atoms. The highest BCUT2D eigenvalue weighted by atomic mass is 35.5. The molecule has 0 bridgehead atoms. The van der Waals surface area contributed by atoms with E-state index in [9.17, 15) is 0 Å². The summed E-state index contributed by atoms with van der Waals surface area (Å²) in [6.07, 6.45) is 1.06. The van der Waals surface area contributed by atoms with E-state index in [4.69, 9.17) is 22.1 Å². The van der Waals surface area contributed by atoms with E-state index in [-0.39, 0.29) is 0 Å². The van der Waals surface area contributed by atoms with Gasteiger partial charge < -0.3 is 15.4 Å². The molecular weight excluding hydrogens is 224 g/mol. The van der Waals surface area contributed by atoms with Crippen molar-refractivity contribution in [2.45, 2.75) is 19.0 Å². The molecule has 0 saturated carbocycles. The standard InChI is InChI=1S/C12H17ClN2O/c1-15(10-4-5-16-8-10)12-3-2-9(7-14)6-11(12)13/h2-3,6,10H,4-5,7-8,14H2,1H3. The van der Waals surface area contributed by atoms with Gasteiger partial charge in [0.15, 0.2) is 0 Å². The first-order valence-corrected chi connectivity index (χ1v) is 5.89. The second kappa shape index (κ2) is 5.04. The van der Waals surface area contributed by atoms with Crippen LogP contribution in [0.25, 0.3) is 0 Å². The zero-order valence-corrected chi connectivity index (χ0v) is 10.2. The molecule has 1 atom stereocenters. The highest BCUT2D eigenvalue weighted by Gasteiger charge is 2.21. The van der Waals surface area contributed by atoms with Crippen molar-refractivity contribution >= 4 is 17.3 Å². The predicted octanol–water partition coefficient (Wildman–Crippen LogP) is 2.02. The normalized spacial score (nSPS) is 20.1. The van der Waals surface area contributed by atoms with E-state index in [1.54, 1.807) is 0 Å². The maximum atomic E-state index is 6.24. The van der Waals surface area contributed by atoms with Gasteiger partial charge in [-0.15, -0.1) is 0 Å². The molecular formula is C12H17ClN2O. The van der Waals surface area contributed by atoms with Gasteiger partial charge in [0.2, 0.25) is 0 Å². The van der Waals surface area contributed by atoms with Crippen molar-refractivity contribution in [2.75, 3.05) is 25.2 Å². The number of nitrogens with two attached hydrogens (primary N) is 1. The summed E-state index contributed by atoms with van der Waals surface area (Å²) in [6.45, 7) is 2.15. The zero-order valence-electron chi connectivity index (χ0n) is 9.45.